The molecule has 3 nitrogen and oxygen atoms in total. The summed E-state index contributed by atoms with van der Waals surface area (Å²) >= 11 is 0. The first-order chi connectivity index (χ1) is 4.42. The minimum absolute atomic E-state index is 0.209. The van der Waals surface area contributed by atoms with E-state index in [1.807, 2.05) is 0 Å². The summed E-state index contributed by atoms with van der Waals surface area (Å²) in [6, 6.07) is 0. The van der Waals surface area contributed by atoms with Gasteiger partial charge < -0.3 is 5.73 Å². The van der Waals surface area contributed by atoms with Gasteiger partial charge in [0.15, 0.2) is 9.84 Å². The van der Waals surface area contributed by atoms with Gasteiger partial charge in [-0.3, -0.25) is 0 Å². The molecule has 0 rings (SSSR count). The van der Waals surface area contributed by atoms with E-state index >= 15 is 0 Å². The Kier molecular flexibility index (Phi) is 3.31. The molecule has 0 aliphatic heterocycles. The first kappa shape index (κ1) is 9.91. The molecule has 4 heteroatoms. The zero-order chi connectivity index (χ0) is 8.36. The summed E-state index contributed by atoms with van der Waals surface area (Å²) in [5.41, 5.74) is 5.22. The number of hydrogen-bond acceptors (Lipinski definition) is 3. The number of nitrogens with two attached hydrogens (primary N) is 1. The lowest BCUT2D eigenvalue weighted by molar-refractivity contribution is 0.575. The van der Waals surface area contributed by atoms with Crippen molar-refractivity contribution in [1.82, 2.24) is 0 Å². The van der Waals surface area contributed by atoms with Crippen LogP contribution in [0.4, 0.5) is 0 Å². The third kappa shape index (κ3) is 1.95. The minimum atomic E-state index is -2.95. The van der Waals surface area contributed by atoms with E-state index in [-0.39, 0.29) is 11.8 Å². The summed E-state index contributed by atoms with van der Waals surface area (Å²) in [7, 11) is -2.95. The van der Waals surface area contributed by atoms with Crippen LogP contribution in [0.3, 0.4) is 0 Å². The minimum Gasteiger partial charge on any atom is -0.329 e. The van der Waals surface area contributed by atoms with Crippen LogP contribution in [0.5, 0.6) is 0 Å². The monoisotopic (exact) mass is 165 g/mol. The summed E-state index contributed by atoms with van der Waals surface area (Å²) in [5, 5.41) is -0.724. The Morgan fingerprint density at radius 2 is 1.70 bits per heavy atom. The van der Waals surface area contributed by atoms with Crippen molar-refractivity contribution in [3.8, 4) is 0 Å². The average Bonchev–Trinajstić information content (AvgIpc) is 1.86. The smallest absolute Gasteiger partial charge is 0.156 e. The molecule has 0 aromatic heterocycles. The first-order valence-electron chi connectivity index (χ1n) is 3.35. The molecule has 1 atom stereocenters. The van der Waals surface area contributed by atoms with Gasteiger partial charge in [0.1, 0.15) is 0 Å². The highest BCUT2D eigenvalue weighted by Gasteiger charge is 2.22. The molecule has 0 fully saturated rings. The summed E-state index contributed by atoms with van der Waals surface area (Å²) in [6.07, 6.45) is 0. The van der Waals surface area contributed by atoms with E-state index in [0.29, 0.717) is 0 Å². The van der Waals surface area contributed by atoms with E-state index in [4.69, 9.17) is 5.73 Å². The van der Waals surface area contributed by atoms with E-state index in [1.54, 1.807) is 20.8 Å². The van der Waals surface area contributed by atoms with E-state index in [2.05, 4.69) is 0 Å². The second-order valence-corrected chi connectivity index (χ2v) is 5.61. The van der Waals surface area contributed by atoms with Gasteiger partial charge in [-0.15, -0.1) is 0 Å². The Labute approximate surface area is 62.5 Å². The van der Waals surface area contributed by atoms with E-state index in [1.165, 1.54) is 0 Å². The summed E-state index contributed by atoms with van der Waals surface area (Å²) in [5.74, 6) is 0. The Morgan fingerprint density at radius 1 is 1.30 bits per heavy atom. The first-order valence-corrected chi connectivity index (χ1v) is 4.96. The van der Waals surface area contributed by atoms with Crippen molar-refractivity contribution >= 4 is 9.84 Å². The summed E-state index contributed by atoms with van der Waals surface area (Å²) < 4.78 is 22.4. The highest BCUT2D eigenvalue weighted by atomic mass is 32.2. The van der Waals surface area contributed by atoms with Gasteiger partial charge in [0.25, 0.3) is 0 Å². The summed E-state index contributed by atoms with van der Waals surface area (Å²) in [6.45, 7) is 5.18. The number of rotatable bonds is 3. The fourth-order valence-corrected chi connectivity index (χ4v) is 1.80. The predicted molar refractivity (Wildman–Crippen MR) is 42.6 cm³/mol. The van der Waals surface area contributed by atoms with Crippen LogP contribution < -0.4 is 5.73 Å². The van der Waals surface area contributed by atoms with Crippen molar-refractivity contribution in [2.45, 2.75) is 31.3 Å². The van der Waals surface area contributed by atoms with Crippen LogP contribution in [0.1, 0.15) is 20.8 Å². The summed E-state index contributed by atoms with van der Waals surface area (Å²) in [4.78, 5) is 0. The van der Waals surface area contributed by atoms with Gasteiger partial charge in [-0.1, -0.05) is 0 Å². The Bertz CT molecular complexity index is 184. The quantitative estimate of drug-likeness (QED) is 0.648. The van der Waals surface area contributed by atoms with Crippen molar-refractivity contribution in [3.63, 3.8) is 0 Å². The largest absolute Gasteiger partial charge is 0.329 e. The van der Waals surface area contributed by atoms with Crippen molar-refractivity contribution in [2.24, 2.45) is 5.73 Å². The third-order valence-electron chi connectivity index (χ3n) is 1.55. The van der Waals surface area contributed by atoms with Gasteiger partial charge in [0.05, 0.1) is 10.5 Å². The van der Waals surface area contributed by atoms with Gasteiger partial charge in [0.2, 0.25) is 0 Å². The van der Waals surface area contributed by atoms with Crippen LogP contribution in [0.25, 0.3) is 0 Å². The SMILES string of the molecule is CC(C)S(=O)(=O)C(C)CN. The Hall–Kier alpha value is -0.0900. The predicted octanol–water partition coefficient (Wildman–Crippen LogP) is 0.157. The van der Waals surface area contributed by atoms with E-state index < -0.39 is 15.1 Å². The molecule has 0 aliphatic rings. The molecule has 1 unspecified atom stereocenters. The van der Waals surface area contributed by atoms with E-state index in [9.17, 15) is 8.42 Å². The van der Waals surface area contributed by atoms with Crippen LogP contribution in [0, 0.1) is 0 Å². The fraction of sp³-hybridized carbons (Fsp3) is 1.00. The number of hydrogen-bond donors (Lipinski definition) is 1. The lowest BCUT2D eigenvalue weighted by atomic mass is 10.5. The van der Waals surface area contributed by atoms with Gasteiger partial charge in [-0.25, -0.2) is 8.42 Å². The van der Waals surface area contributed by atoms with Crippen molar-refractivity contribution in [1.29, 1.82) is 0 Å². The fourth-order valence-electron chi connectivity index (χ4n) is 0.599. The highest BCUT2D eigenvalue weighted by molar-refractivity contribution is 7.92. The van der Waals surface area contributed by atoms with Gasteiger partial charge >= 0.3 is 0 Å². The van der Waals surface area contributed by atoms with E-state index in [0.717, 1.165) is 0 Å². The molecule has 0 saturated heterocycles. The highest BCUT2D eigenvalue weighted by Crippen LogP contribution is 2.06. The molecule has 2 N–H and O–H groups in total. The van der Waals surface area contributed by atoms with Crippen molar-refractivity contribution in [2.75, 3.05) is 6.54 Å². The topological polar surface area (TPSA) is 60.2 Å². The molecule has 0 spiro atoms. The molecule has 62 valence electrons. The lowest BCUT2D eigenvalue weighted by Gasteiger charge is -2.12. The van der Waals surface area contributed by atoms with Crippen molar-refractivity contribution < 1.29 is 8.42 Å². The second kappa shape index (κ2) is 3.34. The molecule has 0 aliphatic carbocycles. The second-order valence-electron chi connectivity index (χ2n) is 2.68. The molecule has 10 heavy (non-hydrogen) atoms. The zero-order valence-electron chi connectivity index (χ0n) is 6.66. The normalized spacial score (nSPS) is 15.7. The van der Waals surface area contributed by atoms with Crippen LogP contribution in [-0.2, 0) is 9.84 Å². The average molecular weight is 165 g/mol. The van der Waals surface area contributed by atoms with Crippen LogP contribution >= 0.6 is 0 Å². The molecular formula is C6H15NO2S. The lowest BCUT2D eigenvalue weighted by Crippen LogP contribution is -2.32. The molecular weight excluding hydrogens is 150 g/mol. The molecule has 0 saturated carbocycles. The number of sulfone groups is 1. The standard InChI is InChI=1S/C6H15NO2S/c1-5(2)10(8,9)6(3)4-7/h5-6H,4,7H2,1-3H3. The molecule has 0 bridgehead atoms. The Morgan fingerprint density at radius 3 is 1.80 bits per heavy atom. The molecule has 0 heterocycles. The zero-order valence-corrected chi connectivity index (χ0v) is 7.48. The maximum atomic E-state index is 11.2. The van der Waals surface area contributed by atoms with Crippen LogP contribution in [-0.4, -0.2) is 25.5 Å². The van der Waals surface area contributed by atoms with Crippen LogP contribution in [0.15, 0.2) is 0 Å². The molecule has 0 radical (unpaired) electrons. The van der Waals surface area contributed by atoms with Crippen molar-refractivity contribution in [3.05, 3.63) is 0 Å². The molecule has 0 aromatic rings. The van der Waals surface area contributed by atoms with Gasteiger partial charge in [0, 0.05) is 6.54 Å². The Balaban J connectivity index is 4.42. The van der Waals surface area contributed by atoms with Gasteiger partial charge in [-0.2, -0.15) is 0 Å². The maximum Gasteiger partial charge on any atom is 0.156 e. The molecule has 0 amide bonds. The van der Waals surface area contributed by atoms with Crippen LogP contribution in [0.2, 0.25) is 0 Å². The third-order valence-corrected chi connectivity index (χ3v) is 4.18. The van der Waals surface area contributed by atoms with Gasteiger partial charge in [-0.05, 0) is 20.8 Å². The molecule has 0 aromatic carbocycles. The maximum absolute atomic E-state index is 11.2.